The lowest BCUT2D eigenvalue weighted by Gasteiger charge is -2.20. The van der Waals surface area contributed by atoms with E-state index in [1.165, 1.54) is 6.07 Å². The van der Waals surface area contributed by atoms with E-state index in [-0.39, 0.29) is 24.3 Å². The van der Waals surface area contributed by atoms with Crippen LogP contribution in [0.25, 0.3) is 11.1 Å². The molecule has 0 unspecified atom stereocenters. The average molecular weight is 414 g/mol. The van der Waals surface area contributed by atoms with Gasteiger partial charge in [-0.15, -0.1) is 0 Å². The van der Waals surface area contributed by atoms with Crippen molar-refractivity contribution in [3.63, 3.8) is 0 Å². The molecule has 0 bridgehead atoms. The van der Waals surface area contributed by atoms with Gasteiger partial charge in [0.1, 0.15) is 17.3 Å². The van der Waals surface area contributed by atoms with Crippen molar-refractivity contribution in [1.29, 1.82) is 0 Å². The Morgan fingerprint density at radius 1 is 1.23 bits per heavy atom. The lowest BCUT2D eigenvalue weighted by atomic mass is 10.1. The third-order valence-electron chi connectivity index (χ3n) is 5.62. The number of nitrogens with zero attached hydrogens (tertiary/aromatic N) is 2. The van der Waals surface area contributed by atoms with Gasteiger partial charge < -0.3 is 19.2 Å². The Morgan fingerprint density at radius 2 is 1.97 bits per heavy atom. The molecule has 0 saturated carbocycles. The minimum absolute atomic E-state index is 0.0536. The molecule has 6 heteroatoms. The monoisotopic (exact) mass is 413 g/mol. The Kier molecular flexibility index (Phi) is 7.32. The number of aromatic nitrogens is 1. The Balaban J connectivity index is 1.75. The lowest BCUT2D eigenvalue weighted by molar-refractivity contribution is 0.0928. The number of halogens is 1. The van der Waals surface area contributed by atoms with Crippen LogP contribution in [0.1, 0.15) is 55.4 Å². The van der Waals surface area contributed by atoms with Crippen LogP contribution in [0.15, 0.2) is 40.8 Å². The lowest BCUT2D eigenvalue weighted by Crippen LogP contribution is -2.35. The highest BCUT2D eigenvalue weighted by atomic mass is 19.1. The van der Waals surface area contributed by atoms with Crippen LogP contribution >= 0.6 is 0 Å². The van der Waals surface area contributed by atoms with Gasteiger partial charge in [-0.2, -0.15) is 0 Å². The van der Waals surface area contributed by atoms with E-state index in [4.69, 9.17) is 4.42 Å². The second kappa shape index (κ2) is 9.94. The van der Waals surface area contributed by atoms with E-state index in [2.05, 4.69) is 24.1 Å². The van der Waals surface area contributed by atoms with Crippen molar-refractivity contribution in [3.05, 3.63) is 59.2 Å². The molecule has 3 aromatic rings. The minimum Gasteiger partial charge on any atom is -0.460 e. The highest BCUT2D eigenvalue weighted by molar-refractivity contribution is 5.97. The maximum Gasteiger partial charge on any atom is 0.268 e. The smallest absolute Gasteiger partial charge is 0.268 e. The maximum atomic E-state index is 14.3. The number of nitrogens with one attached hydrogen (secondary N) is 1. The van der Waals surface area contributed by atoms with Gasteiger partial charge in [-0.1, -0.05) is 32.0 Å². The Hall–Kier alpha value is -2.60. The van der Waals surface area contributed by atoms with E-state index in [9.17, 15) is 9.18 Å². The molecule has 3 rings (SSSR count). The van der Waals surface area contributed by atoms with Crippen LogP contribution in [0.5, 0.6) is 0 Å². The number of carbonyl (C=O) groups is 1. The number of benzene rings is 1. The molecule has 30 heavy (non-hydrogen) atoms. The topological polar surface area (TPSA) is 50.4 Å². The molecule has 0 spiro atoms. The molecular formula is C24H32FN3O2. The number of aryl methyl sites for hydroxylation is 1. The van der Waals surface area contributed by atoms with E-state index < -0.39 is 0 Å². The van der Waals surface area contributed by atoms with Gasteiger partial charge in [0.15, 0.2) is 5.58 Å². The molecule has 162 valence electrons. The molecule has 0 aliphatic rings. The van der Waals surface area contributed by atoms with E-state index >= 15 is 0 Å². The van der Waals surface area contributed by atoms with Gasteiger partial charge in [0.2, 0.25) is 0 Å². The summed E-state index contributed by atoms with van der Waals surface area (Å²) in [5, 5.41) is 3.10. The summed E-state index contributed by atoms with van der Waals surface area (Å²) >= 11 is 0. The fourth-order valence-corrected chi connectivity index (χ4v) is 3.85. The molecule has 1 aromatic carbocycles. The summed E-state index contributed by atoms with van der Waals surface area (Å²) < 4.78 is 21.8. The van der Waals surface area contributed by atoms with Crippen molar-refractivity contribution in [2.75, 3.05) is 19.6 Å². The third kappa shape index (κ3) is 5.11. The summed E-state index contributed by atoms with van der Waals surface area (Å²) in [6.45, 7) is 11.6. The van der Waals surface area contributed by atoms with Gasteiger partial charge in [0.05, 0.1) is 12.1 Å². The molecular weight excluding hydrogens is 381 g/mol. The molecule has 0 aliphatic carbocycles. The quantitative estimate of drug-likeness (QED) is 0.510. The number of furan rings is 1. The number of carbonyl (C=O) groups excluding carboxylic acids is 1. The standard InChI is InChI=1S/C24H32FN3O2/c1-5-27(6-2)13-9-10-17(3)26-24(29)22-15-23-21(14-18(4)30-23)28(22)16-19-11-7-8-12-20(19)25/h7-8,11-12,14-15,17H,5-6,9-10,13,16H2,1-4H3,(H,26,29)/t17-/m1/s1. The van der Waals surface area contributed by atoms with E-state index in [0.29, 0.717) is 16.8 Å². The van der Waals surface area contributed by atoms with Crippen LogP contribution in [0.2, 0.25) is 0 Å². The summed E-state index contributed by atoms with van der Waals surface area (Å²) in [5.41, 5.74) is 2.47. The number of rotatable bonds is 10. The van der Waals surface area contributed by atoms with Crippen molar-refractivity contribution in [1.82, 2.24) is 14.8 Å². The molecule has 1 atom stereocenters. The first kappa shape index (κ1) is 22.1. The van der Waals surface area contributed by atoms with Gasteiger partial charge in [-0.25, -0.2) is 4.39 Å². The Labute approximate surface area is 177 Å². The van der Waals surface area contributed by atoms with E-state index in [1.54, 1.807) is 24.3 Å². The predicted molar refractivity (Wildman–Crippen MR) is 118 cm³/mol. The van der Waals surface area contributed by atoms with Gasteiger partial charge in [-0.05, 0) is 52.4 Å². The van der Waals surface area contributed by atoms with Crippen LogP contribution in [-0.2, 0) is 6.54 Å². The van der Waals surface area contributed by atoms with Crippen LogP contribution < -0.4 is 5.32 Å². The molecule has 5 nitrogen and oxygen atoms in total. The summed E-state index contributed by atoms with van der Waals surface area (Å²) in [5.74, 6) is 0.320. The van der Waals surface area contributed by atoms with Crippen LogP contribution in [-0.4, -0.2) is 41.1 Å². The number of hydrogen-bond donors (Lipinski definition) is 1. The largest absolute Gasteiger partial charge is 0.460 e. The van der Waals surface area contributed by atoms with Crippen LogP contribution in [0.4, 0.5) is 4.39 Å². The molecule has 0 saturated heterocycles. The molecule has 1 N–H and O–H groups in total. The predicted octanol–water partition coefficient (Wildman–Crippen LogP) is 4.97. The molecule has 0 aliphatic heterocycles. The first-order valence-electron chi connectivity index (χ1n) is 10.8. The highest BCUT2D eigenvalue weighted by Gasteiger charge is 2.20. The van der Waals surface area contributed by atoms with Crippen molar-refractivity contribution < 1.29 is 13.6 Å². The van der Waals surface area contributed by atoms with Gasteiger partial charge >= 0.3 is 0 Å². The summed E-state index contributed by atoms with van der Waals surface area (Å²) in [6, 6.07) is 10.3. The molecule has 0 fully saturated rings. The van der Waals surface area contributed by atoms with Gasteiger partial charge in [0.25, 0.3) is 5.91 Å². The number of hydrogen-bond acceptors (Lipinski definition) is 3. The number of amides is 1. The Bertz CT molecular complexity index is 988. The first-order chi connectivity index (χ1) is 14.4. The zero-order valence-electron chi connectivity index (χ0n) is 18.4. The van der Waals surface area contributed by atoms with Gasteiger partial charge in [-0.3, -0.25) is 4.79 Å². The fourth-order valence-electron chi connectivity index (χ4n) is 3.85. The number of fused-ring (bicyclic) bond motifs is 1. The second-order valence-electron chi connectivity index (χ2n) is 7.86. The average Bonchev–Trinajstić information content (AvgIpc) is 3.24. The third-order valence-corrected chi connectivity index (χ3v) is 5.62. The van der Waals surface area contributed by atoms with E-state index in [1.807, 2.05) is 24.5 Å². The Morgan fingerprint density at radius 3 is 2.67 bits per heavy atom. The van der Waals surface area contributed by atoms with Crippen molar-refractivity contribution >= 4 is 17.0 Å². The molecule has 2 aromatic heterocycles. The van der Waals surface area contributed by atoms with E-state index in [0.717, 1.165) is 43.8 Å². The van der Waals surface area contributed by atoms with Gasteiger partial charge in [0, 0.05) is 23.7 Å². The highest BCUT2D eigenvalue weighted by Crippen LogP contribution is 2.25. The molecule has 0 radical (unpaired) electrons. The second-order valence-corrected chi connectivity index (χ2v) is 7.86. The summed E-state index contributed by atoms with van der Waals surface area (Å²) in [7, 11) is 0. The zero-order chi connectivity index (χ0) is 21.7. The molecule has 1 amide bonds. The first-order valence-corrected chi connectivity index (χ1v) is 10.8. The van der Waals surface area contributed by atoms with Crippen molar-refractivity contribution in [2.45, 2.75) is 53.1 Å². The normalized spacial score (nSPS) is 12.6. The zero-order valence-corrected chi connectivity index (χ0v) is 18.4. The summed E-state index contributed by atoms with van der Waals surface area (Å²) in [6.07, 6.45) is 1.94. The molecule has 2 heterocycles. The summed E-state index contributed by atoms with van der Waals surface area (Å²) in [4.78, 5) is 15.4. The maximum absolute atomic E-state index is 14.3. The SMILES string of the molecule is CCN(CC)CCC[C@@H](C)NC(=O)c1cc2oc(C)cc2n1Cc1ccccc1F. The minimum atomic E-state index is -0.282. The van der Waals surface area contributed by atoms with Crippen molar-refractivity contribution in [2.24, 2.45) is 0 Å². The van der Waals surface area contributed by atoms with Crippen LogP contribution in [0.3, 0.4) is 0 Å². The van der Waals surface area contributed by atoms with Crippen LogP contribution in [0, 0.1) is 12.7 Å². The fraction of sp³-hybridized carbons (Fsp3) is 0.458. The van der Waals surface area contributed by atoms with Crippen molar-refractivity contribution in [3.8, 4) is 0 Å².